The third kappa shape index (κ3) is 4.36. The van der Waals surface area contributed by atoms with Crippen LogP contribution in [-0.2, 0) is 6.18 Å². The first-order chi connectivity index (χ1) is 12.3. The van der Waals surface area contributed by atoms with Crippen LogP contribution in [0.25, 0.3) is 0 Å². The maximum atomic E-state index is 13.3. The van der Waals surface area contributed by atoms with E-state index in [0.717, 1.165) is 17.2 Å². The summed E-state index contributed by atoms with van der Waals surface area (Å²) < 4.78 is 51.2. The second-order valence-corrected chi connectivity index (χ2v) is 5.99. The van der Waals surface area contributed by atoms with Crippen LogP contribution in [0, 0.1) is 13.8 Å². The number of hydrogen-bond acceptors (Lipinski definition) is 2. The Bertz CT molecular complexity index is 917. The van der Waals surface area contributed by atoms with Crippen LogP contribution >= 0.6 is 0 Å². The molecule has 0 atom stereocenters. The van der Waals surface area contributed by atoms with Gasteiger partial charge in [-0.05, 0) is 61.4 Å². The van der Waals surface area contributed by atoms with Crippen molar-refractivity contribution in [1.82, 2.24) is 0 Å². The van der Waals surface area contributed by atoms with E-state index in [-0.39, 0.29) is 11.5 Å². The molecule has 0 amide bonds. The van der Waals surface area contributed by atoms with Crippen molar-refractivity contribution in [2.45, 2.75) is 20.0 Å². The standard InChI is InChI=1S/C21H17F3O2/c1-14-5-3-7-16(11-14)25-18-9-10-19(21(22,23)24)20(13-18)26-17-8-4-6-15(2)12-17/h3-13H,1-2H3. The molecule has 0 bridgehead atoms. The highest BCUT2D eigenvalue weighted by Crippen LogP contribution is 2.40. The molecule has 134 valence electrons. The molecule has 3 rings (SSSR count). The van der Waals surface area contributed by atoms with Gasteiger partial charge in [0.1, 0.15) is 23.0 Å². The zero-order chi connectivity index (χ0) is 18.7. The molecule has 0 heterocycles. The lowest BCUT2D eigenvalue weighted by atomic mass is 10.1. The van der Waals surface area contributed by atoms with Crippen LogP contribution < -0.4 is 9.47 Å². The second-order valence-electron chi connectivity index (χ2n) is 5.99. The summed E-state index contributed by atoms with van der Waals surface area (Å²) in [5.41, 5.74) is 1.03. The fourth-order valence-electron chi connectivity index (χ4n) is 2.51. The van der Waals surface area contributed by atoms with Gasteiger partial charge < -0.3 is 9.47 Å². The highest BCUT2D eigenvalue weighted by Gasteiger charge is 2.35. The number of benzene rings is 3. The number of ether oxygens (including phenoxy) is 2. The number of halogens is 3. The smallest absolute Gasteiger partial charge is 0.419 e. The molecule has 0 aliphatic carbocycles. The first-order valence-electron chi connectivity index (χ1n) is 8.01. The Kier molecular flexibility index (Phi) is 4.89. The minimum atomic E-state index is -4.53. The van der Waals surface area contributed by atoms with Gasteiger partial charge in [0, 0.05) is 6.07 Å². The van der Waals surface area contributed by atoms with E-state index in [1.54, 1.807) is 30.3 Å². The van der Waals surface area contributed by atoms with Crippen LogP contribution in [-0.4, -0.2) is 0 Å². The Hall–Kier alpha value is -2.95. The van der Waals surface area contributed by atoms with Crippen molar-refractivity contribution in [3.8, 4) is 23.0 Å². The zero-order valence-electron chi connectivity index (χ0n) is 14.3. The molecule has 0 fully saturated rings. The number of hydrogen-bond donors (Lipinski definition) is 0. The van der Waals surface area contributed by atoms with Crippen LogP contribution in [0.15, 0.2) is 66.7 Å². The van der Waals surface area contributed by atoms with Gasteiger partial charge in [-0.2, -0.15) is 13.2 Å². The third-order valence-corrected chi connectivity index (χ3v) is 3.70. The Balaban J connectivity index is 1.96. The first-order valence-corrected chi connectivity index (χ1v) is 8.01. The van der Waals surface area contributed by atoms with Crippen molar-refractivity contribution >= 4 is 0 Å². The number of rotatable bonds is 4. The van der Waals surface area contributed by atoms with Crippen molar-refractivity contribution in [2.24, 2.45) is 0 Å². The Morgan fingerprint density at radius 1 is 0.654 bits per heavy atom. The van der Waals surface area contributed by atoms with Gasteiger partial charge in [0.05, 0.1) is 5.56 Å². The predicted octanol–water partition coefficient (Wildman–Crippen LogP) is 6.91. The minimum absolute atomic E-state index is 0.270. The van der Waals surface area contributed by atoms with Gasteiger partial charge in [0.25, 0.3) is 0 Å². The summed E-state index contributed by atoms with van der Waals surface area (Å²) in [6.07, 6.45) is -4.53. The minimum Gasteiger partial charge on any atom is -0.457 e. The van der Waals surface area contributed by atoms with E-state index in [4.69, 9.17) is 9.47 Å². The van der Waals surface area contributed by atoms with Crippen molar-refractivity contribution in [3.05, 3.63) is 83.4 Å². The molecule has 0 aliphatic heterocycles. The lowest BCUT2D eigenvalue weighted by Crippen LogP contribution is -2.07. The molecule has 0 radical (unpaired) electrons. The van der Waals surface area contributed by atoms with E-state index in [2.05, 4.69) is 0 Å². The predicted molar refractivity (Wildman–Crippen MR) is 94.0 cm³/mol. The van der Waals surface area contributed by atoms with Gasteiger partial charge in [0.2, 0.25) is 0 Å². The fraction of sp³-hybridized carbons (Fsp3) is 0.143. The monoisotopic (exact) mass is 358 g/mol. The molecule has 0 saturated carbocycles. The first kappa shape index (κ1) is 17.9. The van der Waals surface area contributed by atoms with Crippen molar-refractivity contribution in [1.29, 1.82) is 0 Å². The molecule has 0 N–H and O–H groups in total. The maximum Gasteiger partial charge on any atom is 0.419 e. The van der Waals surface area contributed by atoms with Gasteiger partial charge in [-0.25, -0.2) is 0 Å². The van der Waals surface area contributed by atoms with Crippen LogP contribution in [0.4, 0.5) is 13.2 Å². The lowest BCUT2D eigenvalue weighted by molar-refractivity contribution is -0.138. The van der Waals surface area contributed by atoms with E-state index >= 15 is 0 Å². The van der Waals surface area contributed by atoms with Crippen LogP contribution in [0.3, 0.4) is 0 Å². The van der Waals surface area contributed by atoms with E-state index in [0.29, 0.717) is 11.5 Å². The Labute approximate surface area is 149 Å². The molecule has 0 aliphatic rings. The molecule has 5 heteroatoms. The lowest BCUT2D eigenvalue weighted by Gasteiger charge is -2.16. The summed E-state index contributed by atoms with van der Waals surface area (Å²) in [4.78, 5) is 0. The summed E-state index contributed by atoms with van der Waals surface area (Å²) >= 11 is 0. The normalized spacial score (nSPS) is 11.3. The summed E-state index contributed by atoms with van der Waals surface area (Å²) in [7, 11) is 0. The summed E-state index contributed by atoms with van der Waals surface area (Å²) in [6, 6.07) is 17.6. The largest absolute Gasteiger partial charge is 0.457 e. The summed E-state index contributed by atoms with van der Waals surface area (Å²) in [5, 5.41) is 0. The van der Waals surface area contributed by atoms with Crippen molar-refractivity contribution < 1.29 is 22.6 Å². The average Bonchev–Trinajstić information content (AvgIpc) is 2.54. The quantitative estimate of drug-likeness (QED) is 0.505. The van der Waals surface area contributed by atoms with Gasteiger partial charge in [-0.1, -0.05) is 24.3 Å². The molecule has 0 aromatic heterocycles. The summed E-state index contributed by atoms with van der Waals surface area (Å²) in [6.45, 7) is 3.75. The molecule has 2 nitrogen and oxygen atoms in total. The highest BCUT2D eigenvalue weighted by atomic mass is 19.4. The van der Waals surface area contributed by atoms with Gasteiger partial charge in [-0.15, -0.1) is 0 Å². The molecule has 0 unspecified atom stereocenters. The van der Waals surface area contributed by atoms with Crippen LogP contribution in [0.5, 0.6) is 23.0 Å². The Morgan fingerprint density at radius 2 is 1.19 bits per heavy atom. The zero-order valence-corrected chi connectivity index (χ0v) is 14.3. The number of alkyl halides is 3. The second kappa shape index (κ2) is 7.12. The third-order valence-electron chi connectivity index (χ3n) is 3.70. The van der Waals surface area contributed by atoms with Crippen LogP contribution in [0.2, 0.25) is 0 Å². The van der Waals surface area contributed by atoms with E-state index < -0.39 is 11.7 Å². The van der Waals surface area contributed by atoms with E-state index in [1.807, 2.05) is 32.0 Å². The molecule has 0 saturated heterocycles. The number of aryl methyl sites for hydroxylation is 2. The average molecular weight is 358 g/mol. The van der Waals surface area contributed by atoms with Crippen LogP contribution in [0.1, 0.15) is 16.7 Å². The highest BCUT2D eigenvalue weighted by molar-refractivity contribution is 5.46. The SMILES string of the molecule is Cc1cccc(Oc2ccc(C(F)(F)F)c(Oc3cccc(C)c3)c2)c1. The van der Waals surface area contributed by atoms with Crippen molar-refractivity contribution in [3.63, 3.8) is 0 Å². The van der Waals surface area contributed by atoms with Gasteiger partial charge in [-0.3, -0.25) is 0 Å². The van der Waals surface area contributed by atoms with E-state index in [9.17, 15) is 13.2 Å². The maximum absolute atomic E-state index is 13.3. The van der Waals surface area contributed by atoms with Crippen molar-refractivity contribution in [2.75, 3.05) is 0 Å². The molecular weight excluding hydrogens is 341 g/mol. The molecule has 3 aromatic rings. The summed E-state index contributed by atoms with van der Waals surface area (Å²) in [5.74, 6) is 0.856. The topological polar surface area (TPSA) is 18.5 Å². The molecular formula is C21H17F3O2. The fourth-order valence-corrected chi connectivity index (χ4v) is 2.51. The Morgan fingerprint density at radius 3 is 1.73 bits per heavy atom. The molecule has 3 aromatic carbocycles. The van der Waals surface area contributed by atoms with Gasteiger partial charge in [0.15, 0.2) is 0 Å². The molecule has 26 heavy (non-hydrogen) atoms. The van der Waals surface area contributed by atoms with Gasteiger partial charge >= 0.3 is 6.18 Å². The van der Waals surface area contributed by atoms with E-state index in [1.165, 1.54) is 12.1 Å². The molecule has 0 spiro atoms.